The molecule has 2 amide bonds. The Morgan fingerprint density at radius 2 is 1.64 bits per heavy atom. The molecule has 1 aliphatic heterocycles. The quantitative estimate of drug-likeness (QED) is 0.766. The molecule has 0 spiro atoms. The summed E-state index contributed by atoms with van der Waals surface area (Å²) in [4.78, 5) is 26.9. The van der Waals surface area contributed by atoms with Crippen molar-refractivity contribution in [1.29, 1.82) is 0 Å². The van der Waals surface area contributed by atoms with E-state index in [0.29, 0.717) is 25.6 Å². The first-order chi connectivity index (χ1) is 12.1. The monoisotopic (exact) mass is 350 g/mol. The number of rotatable bonds is 4. The summed E-state index contributed by atoms with van der Waals surface area (Å²) in [7, 11) is 0. The third-order valence-corrected chi connectivity index (χ3v) is 6.42. The summed E-state index contributed by atoms with van der Waals surface area (Å²) in [6, 6.07) is 0.332. The van der Waals surface area contributed by atoms with Gasteiger partial charge >= 0.3 is 0 Å². The van der Waals surface area contributed by atoms with Crippen molar-refractivity contribution in [3.8, 4) is 0 Å². The summed E-state index contributed by atoms with van der Waals surface area (Å²) >= 11 is 0. The molecule has 1 heterocycles. The molecule has 2 aliphatic carbocycles. The van der Waals surface area contributed by atoms with Crippen LogP contribution >= 0.6 is 0 Å². The second-order valence-electron chi connectivity index (χ2n) is 8.45. The summed E-state index contributed by atoms with van der Waals surface area (Å²) in [6.45, 7) is 0.897. The molecule has 1 saturated heterocycles. The molecule has 1 atom stereocenters. The van der Waals surface area contributed by atoms with E-state index in [-0.39, 0.29) is 17.7 Å². The van der Waals surface area contributed by atoms with Gasteiger partial charge in [0.05, 0.1) is 11.5 Å². The van der Waals surface area contributed by atoms with Gasteiger partial charge in [-0.1, -0.05) is 51.4 Å². The van der Waals surface area contributed by atoms with Crippen LogP contribution in [-0.2, 0) is 9.59 Å². The van der Waals surface area contributed by atoms with E-state index >= 15 is 0 Å². The molecule has 2 N–H and O–H groups in total. The topological polar surface area (TPSA) is 69.6 Å². The van der Waals surface area contributed by atoms with Crippen molar-refractivity contribution < 1.29 is 14.7 Å². The van der Waals surface area contributed by atoms with Crippen LogP contribution in [0, 0.1) is 5.92 Å². The smallest absolute Gasteiger partial charge is 0.225 e. The first kappa shape index (κ1) is 18.7. The number of amides is 2. The highest BCUT2D eigenvalue weighted by Crippen LogP contribution is 2.29. The molecule has 3 aliphatic rings. The highest BCUT2D eigenvalue weighted by molar-refractivity contribution is 5.89. The normalized spacial score (nSPS) is 28.4. The van der Waals surface area contributed by atoms with E-state index in [2.05, 4.69) is 5.32 Å². The van der Waals surface area contributed by atoms with Crippen LogP contribution in [0.2, 0.25) is 0 Å². The number of nitrogens with zero attached hydrogens (tertiary/aromatic N) is 1. The van der Waals surface area contributed by atoms with Crippen molar-refractivity contribution in [2.24, 2.45) is 5.92 Å². The Labute approximate surface area is 151 Å². The fourth-order valence-corrected chi connectivity index (χ4v) is 4.79. The van der Waals surface area contributed by atoms with Crippen molar-refractivity contribution in [1.82, 2.24) is 10.2 Å². The second-order valence-corrected chi connectivity index (χ2v) is 8.45. The lowest BCUT2D eigenvalue weighted by atomic mass is 9.94. The van der Waals surface area contributed by atoms with Crippen molar-refractivity contribution >= 4 is 11.8 Å². The largest absolute Gasteiger partial charge is 0.388 e. The van der Waals surface area contributed by atoms with Gasteiger partial charge in [-0.15, -0.1) is 0 Å². The number of likely N-dealkylation sites (tertiary alicyclic amines) is 1. The van der Waals surface area contributed by atoms with Crippen molar-refractivity contribution in [3.63, 3.8) is 0 Å². The third kappa shape index (κ3) is 4.96. The zero-order chi connectivity index (χ0) is 17.7. The summed E-state index contributed by atoms with van der Waals surface area (Å²) < 4.78 is 0. The Balaban J connectivity index is 1.50. The lowest BCUT2D eigenvalue weighted by molar-refractivity contribution is -0.130. The Bertz CT molecular complexity index is 464. The SMILES string of the molecule is O=C(NCC1(O)CCCCCC1)[C@H]1CC(=O)N(C2CCCCCC2)C1. The number of nitrogens with one attached hydrogen (secondary N) is 1. The maximum Gasteiger partial charge on any atom is 0.225 e. The highest BCUT2D eigenvalue weighted by atomic mass is 16.3. The van der Waals surface area contributed by atoms with E-state index in [4.69, 9.17) is 0 Å². The Morgan fingerprint density at radius 3 is 2.28 bits per heavy atom. The molecule has 0 aromatic carbocycles. The standard InChI is InChI=1S/C20H34N2O3/c23-18-13-16(14-22(18)17-9-5-1-2-6-10-17)19(24)21-15-20(25)11-7-3-4-8-12-20/h16-17,25H,1-15H2,(H,21,24)/t16-/m0/s1. The number of aliphatic hydroxyl groups is 1. The molecule has 0 aromatic heterocycles. The van der Waals surface area contributed by atoms with E-state index in [1.165, 1.54) is 38.5 Å². The predicted molar refractivity (Wildman–Crippen MR) is 97.0 cm³/mol. The van der Waals surface area contributed by atoms with Gasteiger partial charge in [-0.2, -0.15) is 0 Å². The van der Waals surface area contributed by atoms with Crippen LogP contribution in [0.5, 0.6) is 0 Å². The molecule has 5 nitrogen and oxygen atoms in total. The van der Waals surface area contributed by atoms with Crippen LogP contribution in [-0.4, -0.2) is 46.6 Å². The number of hydrogen-bond acceptors (Lipinski definition) is 3. The van der Waals surface area contributed by atoms with E-state index in [1.807, 2.05) is 4.90 Å². The fraction of sp³-hybridized carbons (Fsp3) is 0.900. The molecule has 0 radical (unpaired) electrons. The minimum Gasteiger partial charge on any atom is -0.388 e. The Morgan fingerprint density at radius 1 is 1.04 bits per heavy atom. The molecule has 0 unspecified atom stereocenters. The van der Waals surface area contributed by atoms with Crippen molar-refractivity contribution in [2.45, 2.75) is 95.1 Å². The molecule has 142 valence electrons. The Hall–Kier alpha value is -1.10. The molecular weight excluding hydrogens is 316 g/mol. The predicted octanol–water partition coefficient (Wildman–Crippen LogP) is 2.76. The maximum absolute atomic E-state index is 12.6. The molecule has 0 aromatic rings. The van der Waals surface area contributed by atoms with Gasteiger partial charge in [-0.3, -0.25) is 9.59 Å². The lowest BCUT2D eigenvalue weighted by Crippen LogP contribution is -2.45. The molecule has 2 saturated carbocycles. The summed E-state index contributed by atoms with van der Waals surface area (Å²) in [5, 5.41) is 13.6. The van der Waals surface area contributed by atoms with Crippen LogP contribution in [0.1, 0.15) is 83.5 Å². The van der Waals surface area contributed by atoms with Crippen molar-refractivity contribution in [3.05, 3.63) is 0 Å². The molecule has 5 heteroatoms. The van der Waals surface area contributed by atoms with Crippen LogP contribution in [0.15, 0.2) is 0 Å². The number of carbonyl (C=O) groups is 2. The summed E-state index contributed by atoms with van der Waals surface area (Å²) in [6.07, 6.45) is 13.4. The second kappa shape index (κ2) is 8.52. The minimum atomic E-state index is -0.754. The van der Waals surface area contributed by atoms with Gasteiger partial charge in [0.25, 0.3) is 0 Å². The van der Waals surface area contributed by atoms with Gasteiger partial charge in [0.15, 0.2) is 0 Å². The fourth-order valence-electron chi connectivity index (χ4n) is 4.79. The first-order valence-corrected chi connectivity index (χ1v) is 10.4. The number of hydrogen-bond donors (Lipinski definition) is 2. The maximum atomic E-state index is 12.6. The molecule has 3 rings (SSSR count). The van der Waals surface area contributed by atoms with Crippen LogP contribution in [0.3, 0.4) is 0 Å². The molecule has 25 heavy (non-hydrogen) atoms. The lowest BCUT2D eigenvalue weighted by Gasteiger charge is -2.28. The summed E-state index contributed by atoms with van der Waals surface area (Å²) in [5.74, 6) is -0.160. The first-order valence-electron chi connectivity index (χ1n) is 10.4. The highest BCUT2D eigenvalue weighted by Gasteiger charge is 2.38. The molecule has 3 fully saturated rings. The van der Waals surface area contributed by atoms with Gasteiger partial charge in [0, 0.05) is 25.6 Å². The van der Waals surface area contributed by atoms with Crippen LogP contribution in [0.4, 0.5) is 0 Å². The molecular formula is C20H34N2O3. The zero-order valence-corrected chi connectivity index (χ0v) is 15.5. The van der Waals surface area contributed by atoms with Gasteiger partial charge in [-0.05, 0) is 25.7 Å². The summed E-state index contributed by atoms with van der Waals surface area (Å²) in [5.41, 5.74) is -0.754. The van der Waals surface area contributed by atoms with E-state index in [1.54, 1.807) is 0 Å². The van der Waals surface area contributed by atoms with E-state index in [9.17, 15) is 14.7 Å². The molecule has 0 bridgehead atoms. The minimum absolute atomic E-state index is 0.0536. The van der Waals surface area contributed by atoms with Crippen LogP contribution in [0.25, 0.3) is 0 Å². The van der Waals surface area contributed by atoms with E-state index < -0.39 is 5.60 Å². The number of carbonyl (C=O) groups excluding carboxylic acids is 2. The third-order valence-electron chi connectivity index (χ3n) is 6.42. The van der Waals surface area contributed by atoms with Gasteiger partial charge in [0.2, 0.25) is 11.8 Å². The van der Waals surface area contributed by atoms with E-state index in [0.717, 1.165) is 38.5 Å². The van der Waals surface area contributed by atoms with Crippen molar-refractivity contribution in [2.75, 3.05) is 13.1 Å². The van der Waals surface area contributed by atoms with Crippen LogP contribution < -0.4 is 5.32 Å². The van der Waals surface area contributed by atoms with Gasteiger partial charge in [-0.25, -0.2) is 0 Å². The zero-order valence-electron chi connectivity index (χ0n) is 15.5. The average Bonchev–Trinajstić information content (AvgIpc) is 2.79. The van der Waals surface area contributed by atoms with Gasteiger partial charge in [0.1, 0.15) is 0 Å². The van der Waals surface area contributed by atoms with Gasteiger partial charge < -0.3 is 15.3 Å². The average molecular weight is 351 g/mol. The Kier molecular flexibility index (Phi) is 6.37.